The van der Waals surface area contributed by atoms with E-state index in [0.29, 0.717) is 49.8 Å². The van der Waals surface area contributed by atoms with Gasteiger partial charge in [-0.15, -0.1) is 11.8 Å². The lowest BCUT2D eigenvalue weighted by Gasteiger charge is -2.39. The number of ether oxygens (including phenoxy) is 1. The van der Waals surface area contributed by atoms with E-state index in [-0.39, 0.29) is 23.9 Å². The fourth-order valence-corrected chi connectivity index (χ4v) is 4.91. The second kappa shape index (κ2) is 11.0. The Balaban J connectivity index is 1.74. The summed E-state index contributed by atoms with van der Waals surface area (Å²) in [6, 6.07) is 12.8. The Morgan fingerprint density at radius 3 is 2.49 bits per heavy atom. The molecule has 1 N–H and O–H groups in total. The highest BCUT2D eigenvalue weighted by Crippen LogP contribution is 2.34. The van der Waals surface area contributed by atoms with Crippen molar-refractivity contribution in [1.29, 1.82) is 0 Å². The van der Waals surface area contributed by atoms with Gasteiger partial charge in [-0.05, 0) is 56.0 Å². The van der Waals surface area contributed by atoms with Crippen LogP contribution >= 0.6 is 11.8 Å². The Morgan fingerprint density at radius 1 is 1.17 bits per heavy atom. The van der Waals surface area contributed by atoms with E-state index in [4.69, 9.17) is 9.15 Å². The number of aromatic hydroxyl groups is 1. The summed E-state index contributed by atoms with van der Waals surface area (Å²) in [4.78, 5) is 31.0. The molecule has 3 aromatic rings. The minimum Gasteiger partial charge on any atom is -0.507 e. The molecule has 1 saturated heterocycles. The molecule has 0 bridgehead atoms. The van der Waals surface area contributed by atoms with E-state index in [0.717, 1.165) is 10.5 Å². The molecule has 1 unspecified atom stereocenters. The predicted molar refractivity (Wildman–Crippen MR) is 135 cm³/mol. The van der Waals surface area contributed by atoms with Crippen molar-refractivity contribution >= 4 is 17.9 Å². The Labute approximate surface area is 209 Å². The molecular weight excluding hydrogens is 466 g/mol. The van der Waals surface area contributed by atoms with Crippen molar-refractivity contribution < 1.29 is 19.1 Å². The van der Waals surface area contributed by atoms with Gasteiger partial charge in [-0.25, -0.2) is 4.79 Å². The first-order valence-corrected chi connectivity index (χ1v) is 12.9. The molecule has 2 aromatic heterocycles. The van der Waals surface area contributed by atoms with Crippen molar-refractivity contribution in [3.63, 3.8) is 0 Å². The number of amides is 1. The molecule has 0 radical (unpaired) electrons. The summed E-state index contributed by atoms with van der Waals surface area (Å²) in [5.41, 5.74) is 1.62. The molecule has 1 amide bonds. The molecule has 0 spiro atoms. The van der Waals surface area contributed by atoms with Gasteiger partial charge in [0, 0.05) is 36.8 Å². The van der Waals surface area contributed by atoms with Crippen LogP contribution in [0.3, 0.4) is 0 Å². The highest BCUT2D eigenvalue weighted by Gasteiger charge is 2.32. The first kappa shape index (κ1) is 24.9. The minimum absolute atomic E-state index is 0.0324. The van der Waals surface area contributed by atoms with Gasteiger partial charge >= 0.3 is 6.09 Å². The molecule has 35 heavy (non-hydrogen) atoms. The Morgan fingerprint density at radius 2 is 1.89 bits per heavy atom. The van der Waals surface area contributed by atoms with Gasteiger partial charge in [0.05, 0.1) is 31.0 Å². The summed E-state index contributed by atoms with van der Waals surface area (Å²) < 4.78 is 12.3. The molecule has 1 aliphatic heterocycles. The Bertz CT molecular complexity index is 1200. The van der Waals surface area contributed by atoms with Crippen LogP contribution < -0.4 is 5.56 Å². The summed E-state index contributed by atoms with van der Waals surface area (Å²) in [6.45, 7) is 6.23. The number of carbonyl (C=O) groups is 1. The first-order chi connectivity index (χ1) is 16.9. The number of pyridine rings is 1. The van der Waals surface area contributed by atoms with Crippen LogP contribution in [0.15, 0.2) is 62.8 Å². The van der Waals surface area contributed by atoms with Crippen molar-refractivity contribution in [2.45, 2.75) is 31.3 Å². The third-order valence-corrected chi connectivity index (χ3v) is 7.07. The third-order valence-electron chi connectivity index (χ3n) is 6.33. The number of rotatable bonds is 7. The highest BCUT2D eigenvalue weighted by molar-refractivity contribution is 7.98. The zero-order valence-electron chi connectivity index (χ0n) is 20.3. The quantitative estimate of drug-likeness (QED) is 0.492. The number of carbonyl (C=O) groups excluding carboxylic acids is 1. The van der Waals surface area contributed by atoms with Crippen LogP contribution in [0.1, 0.15) is 35.5 Å². The number of aryl methyl sites for hydroxylation is 1. The lowest BCUT2D eigenvalue weighted by atomic mass is 9.96. The number of aromatic nitrogens is 1. The first-order valence-electron chi connectivity index (χ1n) is 11.7. The van der Waals surface area contributed by atoms with E-state index in [1.165, 1.54) is 0 Å². The zero-order chi connectivity index (χ0) is 24.9. The second-order valence-corrected chi connectivity index (χ2v) is 9.33. The molecule has 186 valence electrons. The van der Waals surface area contributed by atoms with Crippen molar-refractivity contribution in [2.75, 3.05) is 39.0 Å². The number of benzene rings is 1. The maximum atomic E-state index is 13.8. The lowest BCUT2D eigenvalue weighted by molar-refractivity contribution is 0.0709. The van der Waals surface area contributed by atoms with Gasteiger partial charge in [-0.3, -0.25) is 9.69 Å². The summed E-state index contributed by atoms with van der Waals surface area (Å²) in [7, 11) is 0. The van der Waals surface area contributed by atoms with Crippen LogP contribution in [0.2, 0.25) is 0 Å². The van der Waals surface area contributed by atoms with Crippen LogP contribution in [0.25, 0.3) is 0 Å². The third kappa shape index (κ3) is 5.41. The number of thioether (sulfide) groups is 1. The van der Waals surface area contributed by atoms with E-state index in [2.05, 4.69) is 4.90 Å². The van der Waals surface area contributed by atoms with Gasteiger partial charge in [0.25, 0.3) is 5.56 Å². The zero-order valence-corrected chi connectivity index (χ0v) is 21.1. The average Bonchev–Trinajstić information content (AvgIpc) is 3.38. The molecule has 1 fully saturated rings. The van der Waals surface area contributed by atoms with Crippen LogP contribution in [-0.4, -0.2) is 64.6 Å². The number of hydrogen-bond acceptors (Lipinski definition) is 7. The van der Waals surface area contributed by atoms with E-state index < -0.39 is 6.04 Å². The van der Waals surface area contributed by atoms with Crippen molar-refractivity contribution in [3.8, 4) is 5.75 Å². The molecule has 8 nitrogen and oxygen atoms in total. The van der Waals surface area contributed by atoms with E-state index in [1.807, 2.05) is 36.6 Å². The van der Waals surface area contributed by atoms with E-state index in [9.17, 15) is 14.7 Å². The number of hydrogen-bond donors (Lipinski definition) is 1. The maximum Gasteiger partial charge on any atom is 0.409 e. The van der Waals surface area contributed by atoms with Gasteiger partial charge in [0.1, 0.15) is 11.5 Å². The minimum atomic E-state index is -0.466. The summed E-state index contributed by atoms with van der Waals surface area (Å²) in [6.07, 6.45) is 3.27. The van der Waals surface area contributed by atoms with Gasteiger partial charge in [0.15, 0.2) is 0 Å². The van der Waals surface area contributed by atoms with Gasteiger partial charge < -0.3 is 23.7 Å². The van der Waals surface area contributed by atoms with E-state index in [1.54, 1.807) is 53.5 Å². The topological polar surface area (TPSA) is 88.2 Å². The normalized spacial score (nSPS) is 15.2. The molecule has 1 atom stereocenters. The molecule has 0 saturated carbocycles. The molecule has 1 aromatic carbocycles. The summed E-state index contributed by atoms with van der Waals surface area (Å²) in [5.74, 6) is 0.630. The molecule has 4 rings (SSSR count). The molecular formula is C26H31N3O5S. The summed E-state index contributed by atoms with van der Waals surface area (Å²) >= 11 is 1.64. The summed E-state index contributed by atoms with van der Waals surface area (Å²) in [5, 5.41) is 11.0. The van der Waals surface area contributed by atoms with Gasteiger partial charge in [0.2, 0.25) is 0 Å². The van der Waals surface area contributed by atoms with Crippen molar-refractivity contribution in [3.05, 3.63) is 81.7 Å². The predicted octanol–water partition coefficient (Wildman–Crippen LogP) is 4.09. The Kier molecular flexibility index (Phi) is 7.87. The molecule has 0 aliphatic carbocycles. The molecule has 1 aliphatic rings. The molecule has 9 heteroatoms. The number of nitrogens with zero attached hydrogens (tertiary/aromatic N) is 3. The second-order valence-electron chi connectivity index (χ2n) is 8.45. The van der Waals surface area contributed by atoms with Gasteiger partial charge in [-0.2, -0.15) is 0 Å². The van der Waals surface area contributed by atoms with Crippen molar-refractivity contribution in [1.82, 2.24) is 14.4 Å². The average molecular weight is 498 g/mol. The lowest BCUT2D eigenvalue weighted by Crippen LogP contribution is -2.50. The van der Waals surface area contributed by atoms with Gasteiger partial charge in [-0.1, -0.05) is 12.1 Å². The van der Waals surface area contributed by atoms with E-state index >= 15 is 0 Å². The number of piperazine rings is 1. The smallest absolute Gasteiger partial charge is 0.409 e. The fourth-order valence-electron chi connectivity index (χ4n) is 4.50. The van der Waals surface area contributed by atoms with Crippen LogP contribution in [0, 0.1) is 6.92 Å². The monoisotopic (exact) mass is 497 g/mol. The maximum absolute atomic E-state index is 13.8. The standard InChI is InChI=1S/C26H31N3O5S/c1-4-33-26(32)28-13-11-27(12-14-28)24(19-7-9-21(35-3)10-8-19)23-22(30)16-18(2)29(25(23)31)17-20-6-5-15-34-20/h5-10,15-16,24,30H,4,11-14,17H2,1-3H3. The van der Waals surface area contributed by atoms with Crippen LogP contribution in [-0.2, 0) is 11.3 Å². The van der Waals surface area contributed by atoms with Crippen molar-refractivity contribution in [2.24, 2.45) is 0 Å². The molecule has 3 heterocycles. The Hall–Kier alpha value is -3.17. The number of furan rings is 1. The van der Waals surface area contributed by atoms with Crippen LogP contribution in [0.5, 0.6) is 5.75 Å². The largest absolute Gasteiger partial charge is 0.507 e. The highest BCUT2D eigenvalue weighted by atomic mass is 32.2. The SMILES string of the molecule is CCOC(=O)N1CCN(C(c2ccc(SC)cc2)c2c(O)cc(C)n(Cc3ccco3)c2=O)CC1. The van der Waals surface area contributed by atoms with Crippen LogP contribution in [0.4, 0.5) is 4.79 Å². The fraction of sp³-hybridized carbons (Fsp3) is 0.385.